The minimum atomic E-state index is -0.339. The fourth-order valence-electron chi connectivity index (χ4n) is 3.09. The molecule has 3 heteroatoms. The maximum absolute atomic E-state index is 9.47. The lowest BCUT2D eigenvalue weighted by Crippen LogP contribution is -2.47. The molecule has 0 aliphatic heterocycles. The molecule has 1 aromatic rings. The van der Waals surface area contributed by atoms with Crippen LogP contribution in [0.5, 0.6) is 0 Å². The van der Waals surface area contributed by atoms with E-state index >= 15 is 0 Å². The van der Waals surface area contributed by atoms with E-state index in [-0.39, 0.29) is 12.1 Å². The van der Waals surface area contributed by atoms with Crippen LogP contribution < -0.4 is 10.6 Å². The van der Waals surface area contributed by atoms with E-state index < -0.39 is 0 Å². The average molecular weight is 262 g/mol. The smallest absolute Gasteiger partial charge is 0.0613 e. The third-order valence-corrected chi connectivity index (χ3v) is 4.59. The SMILES string of the molecule is Cc1ccc(N(C)CCC2CCCC2(N)CO)cc1. The number of hydrogen-bond acceptors (Lipinski definition) is 3. The van der Waals surface area contributed by atoms with Gasteiger partial charge in [0.15, 0.2) is 0 Å². The highest BCUT2D eigenvalue weighted by atomic mass is 16.3. The van der Waals surface area contributed by atoms with Gasteiger partial charge in [0, 0.05) is 24.8 Å². The summed E-state index contributed by atoms with van der Waals surface area (Å²) >= 11 is 0. The van der Waals surface area contributed by atoms with Gasteiger partial charge >= 0.3 is 0 Å². The highest BCUT2D eigenvalue weighted by Gasteiger charge is 2.38. The maximum atomic E-state index is 9.47. The maximum Gasteiger partial charge on any atom is 0.0613 e. The van der Waals surface area contributed by atoms with Crippen molar-refractivity contribution in [2.45, 2.75) is 38.1 Å². The molecule has 2 rings (SSSR count). The monoisotopic (exact) mass is 262 g/mol. The molecule has 0 amide bonds. The second kappa shape index (κ2) is 5.93. The standard InChI is InChI=1S/C16H26N2O/c1-13-5-7-15(8-6-13)18(2)11-9-14-4-3-10-16(14,17)12-19/h5-8,14,19H,3-4,9-12,17H2,1-2H3. The van der Waals surface area contributed by atoms with Gasteiger partial charge < -0.3 is 15.7 Å². The van der Waals surface area contributed by atoms with Crippen LogP contribution in [-0.4, -0.2) is 30.8 Å². The van der Waals surface area contributed by atoms with Crippen molar-refractivity contribution in [1.82, 2.24) is 0 Å². The summed E-state index contributed by atoms with van der Waals surface area (Å²) in [7, 11) is 2.12. The first-order valence-corrected chi connectivity index (χ1v) is 7.23. The normalized spacial score (nSPS) is 26.6. The molecule has 1 aromatic carbocycles. The average Bonchev–Trinajstić information content (AvgIpc) is 2.79. The molecule has 2 unspecified atom stereocenters. The molecule has 3 nitrogen and oxygen atoms in total. The van der Waals surface area contributed by atoms with Gasteiger partial charge in [0.05, 0.1) is 6.61 Å². The molecule has 1 aliphatic carbocycles. The predicted molar refractivity (Wildman–Crippen MR) is 80.4 cm³/mol. The van der Waals surface area contributed by atoms with Crippen LogP contribution in [0.2, 0.25) is 0 Å². The van der Waals surface area contributed by atoms with E-state index in [0.29, 0.717) is 5.92 Å². The molecule has 2 atom stereocenters. The van der Waals surface area contributed by atoms with Crippen LogP contribution in [0.4, 0.5) is 5.69 Å². The van der Waals surface area contributed by atoms with E-state index in [0.717, 1.165) is 32.2 Å². The molecule has 0 aromatic heterocycles. The summed E-state index contributed by atoms with van der Waals surface area (Å²) < 4.78 is 0. The van der Waals surface area contributed by atoms with Crippen LogP contribution in [0.15, 0.2) is 24.3 Å². The number of rotatable bonds is 5. The van der Waals surface area contributed by atoms with Crippen molar-refractivity contribution in [1.29, 1.82) is 0 Å². The Morgan fingerprint density at radius 3 is 2.68 bits per heavy atom. The number of nitrogens with zero attached hydrogens (tertiary/aromatic N) is 1. The summed E-state index contributed by atoms with van der Waals surface area (Å²) in [6.45, 7) is 3.21. The van der Waals surface area contributed by atoms with E-state index in [9.17, 15) is 5.11 Å². The molecule has 1 saturated carbocycles. The van der Waals surface area contributed by atoms with Gasteiger partial charge in [0.1, 0.15) is 0 Å². The lowest BCUT2D eigenvalue weighted by molar-refractivity contribution is 0.156. The quantitative estimate of drug-likeness (QED) is 0.856. The molecule has 3 N–H and O–H groups in total. The number of aliphatic hydroxyl groups is 1. The Hall–Kier alpha value is -1.06. The van der Waals surface area contributed by atoms with Gasteiger partial charge in [-0.05, 0) is 44.2 Å². The molecule has 0 spiro atoms. The minimum Gasteiger partial charge on any atom is -0.394 e. The molecular weight excluding hydrogens is 236 g/mol. The van der Waals surface area contributed by atoms with Gasteiger partial charge in [-0.2, -0.15) is 0 Å². The molecule has 0 saturated heterocycles. The zero-order valence-corrected chi connectivity index (χ0v) is 12.1. The van der Waals surface area contributed by atoms with Crippen molar-refractivity contribution >= 4 is 5.69 Å². The van der Waals surface area contributed by atoms with Crippen molar-refractivity contribution in [3.05, 3.63) is 29.8 Å². The van der Waals surface area contributed by atoms with Crippen molar-refractivity contribution < 1.29 is 5.11 Å². The number of hydrogen-bond donors (Lipinski definition) is 2. The lowest BCUT2D eigenvalue weighted by atomic mass is 9.86. The molecule has 19 heavy (non-hydrogen) atoms. The largest absolute Gasteiger partial charge is 0.394 e. The number of benzene rings is 1. The zero-order chi connectivity index (χ0) is 13.9. The third-order valence-electron chi connectivity index (χ3n) is 4.59. The number of aryl methyl sites for hydroxylation is 1. The number of aliphatic hydroxyl groups excluding tert-OH is 1. The highest BCUT2D eigenvalue weighted by molar-refractivity contribution is 5.46. The Morgan fingerprint density at radius 1 is 1.37 bits per heavy atom. The van der Waals surface area contributed by atoms with E-state index in [1.165, 1.54) is 11.3 Å². The van der Waals surface area contributed by atoms with Crippen LogP contribution in [0.25, 0.3) is 0 Å². The molecule has 1 aliphatic rings. The molecule has 0 bridgehead atoms. The summed E-state index contributed by atoms with van der Waals surface area (Å²) in [4.78, 5) is 2.27. The number of anilines is 1. The van der Waals surface area contributed by atoms with Gasteiger partial charge in [-0.1, -0.05) is 24.1 Å². The Morgan fingerprint density at radius 2 is 2.05 bits per heavy atom. The van der Waals surface area contributed by atoms with Crippen molar-refractivity contribution in [2.24, 2.45) is 11.7 Å². The van der Waals surface area contributed by atoms with Gasteiger partial charge in [-0.3, -0.25) is 0 Å². The summed E-state index contributed by atoms with van der Waals surface area (Å²) in [6, 6.07) is 8.60. The van der Waals surface area contributed by atoms with Crippen LogP contribution in [0.3, 0.4) is 0 Å². The van der Waals surface area contributed by atoms with Gasteiger partial charge in [0.25, 0.3) is 0 Å². The van der Waals surface area contributed by atoms with Crippen LogP contribution in [0, 0.1) is 12.8 Å². The first kappa shape index (κ1) is 14.4. The first-order valence-electron chi connectivity index (χ1n) is 7.23. The second-order valence-corrected chi connectivity index (χ2v) is 6.03. The Labute approximate surface area is 116 Å². The number of nitrogens with two attached hydrogens (primary N) is 1. The molecular formula is C16H26N2O. The van der Waals surface area contributed by atoms with Gasteiger partial charge in [-0.15, -0.1) is 0 Å². The van der Waals surface area contributed by atoms with Crippen molar-refractivity contribution in [3.63, 3.8) is 0 Å². The summed E-state index contributed by atoms with van der Waals surface area (Å²) in [5.41, 5.74) is 8.47. The van der Waals surface area contributed by atoms with Gasteiger partial charge in [-0.25, -0.2) is 0 Å². The Kier molecular flexibility index (Phi) is 4.48. The lowest BCUT2D eigenvalue weighted by Gasteiger charge is -2.31. The second-order valence-electron chi connectivity index (χ2n) is 6.03. The van der Waals surface area contributed by atoms with Crippen LogP contribution in [0.1, 0.15) is 31.2 Å². The molecule has 0 heterocycles. The topological polar surface area (TPSA) is 49.5 Å². The fourth-order valence-corrected chi connectivity index (χ4v) is 3.09. The summed E-state index contributed by atoms with van der Waals surface area (Å²) in [5.74, 6) is 0.449. The Balaban J connectivity index is 1.90. The summed E-state index contributed by atoms with van der Waals surface area (Å²) in [5, 5.41) is 9.47. The van der Waals surface area contributed by atoms with Crippen LogP contribution in [-0.2, 0) is 0 Å². The van der Waals surface area contributed by atoms with E-state index in [2.05, 4.69) is 43.1 Å². The van der Waals surface area contributed by atoms with Crippen LogP contribution >= 0.6 is 0 Å². The molecule has 106 valence electrons. The zero-order valence-electron chi connectivity index (χ0n) is 12.1. The van der Waals surface area contributed by atoms with E-state index in [4.69, 9.17) is 5.73 Å². The van der Waals surface area contributed by atoms with Crippen molar-refractivity contribution in [3.8, 4) is 0 Å². The van der Waals surface area contributed by atoms with E-state index in [1.54, 1.807) is 0 Å². The van der Waals surface area contributed by atoms with Crippen molar-refractivity contribution in [2.75, 3.05) is 25.1 Å². The first-order chi connectivity index (χ1) is 9.05. The predicted octanol–water partition coefficient (Wildman–Crippen LogP) is 2.31. The fraction of sp³-hybridized carbons (Fsp3) is 0.625. The minimum absolute atomic E-state index is 0.117. The molecule has 0 radical (unpaired) electrons. The van der Waals surface area contributed by atoms with Gasteiger partial charge in [0.2, 0.25) is 0 Å². The third kappa shape index (κ3) is 3.28. The van der Waals surface area contributed by atoms with E-state index in [1.807, 2.05) is 0 Å². The molecule has 1 fully saturated rings. The summed E-state index contributed by atoms with van der Waals surface area (Å²) in [6.07, 6.45) is 4.32. The highest BCUT2D eigenvalue weighted by Crippen LogP contribution is 2.35. The Bertz CT molecular complexity index is 404.